The fraction of sp³-hybridized carbons (Fsp3) is 0.385. The minimum Gasteiger partial charge on any atom is -0.469 e. The van der Waals surface area contributed by atoms with Crippen LogP contribution in [-0.4, -0.2) is 21.7 Å². The van der Waals surface area contributed by atoms with Gasteiger partial charge in [-0.1, -0.05) is 0 Å². The van der Waals surface area contributed by atoms with Crippen LogP contribution in [0.15, 0.2) is 41.3 Å². The van der Waals surface area contributed by atoms with Gasteiger partial charge in [0.1, 0.15) is 5.76 Å². The van der Waals surface area contributed by atoms with Crippen molar-refractivity contribution in [1.29, 1.82) is 0 Å². The third-order valence-electron chi connectivity index (χ3n) is 2.62. The normalized spacial score (nSPS) is 12.3. The van der Waals surface area contributed by atoms with Crippen LogP contribution in [0.5, 0.6) is 0 Å². The molecule has 18 heavy (non-hydrogen) atoms. The summed E-state index contributed by atoms with van der Waals surface area (Å²) in [5.41, 5.74) is 0. The lowest BCUT2D eigenvalue weighted by molar-refractivity contribution is -0.121. The van der Waals surface area contributed by atoms with Crippen molar-refractivity contribution in [3.8, 4) is 0 Å². The summed E-state index contributed by atoms with van der Waals surface area (Å²) in [4.78, 5) is 11.7. The summed E-state index contributed by atoms with van der Waals surface area (Å²) < 4.78 is 6.99. The summed E-state index contributed by atoms with van der Waals surface area (Å²) in [6, 6.07) is 5.67. The topological polar surface area (TPSA) is 60.1 Å². The van der Waals surface area contributed by atoms with E-state index in [0.29, 0.717) is 19.4 Å². The molecular weight excluding hydrogens is 230 g/mol. The van der Waals surface area contributed by atoms with Gasteiger partial charge in [-0.3, -0.25) is 9.48 Å². The molecule has 1 amide bonds. The number of nitrogens with one attached hydrogen (secondary N) is 1. The van der Waals surface area contributed by atoms with Gasteiger partial charge in [-0.25, -0.2) is 0 Å². The summed E-state index contributed by atoms with van der Waals surface area (Å²) in [6.45, 7) is 2.57. The first kappa shape index (κ1) is 12.4. The molecule has 2 rings (SSSR count). The fourth-order valence-corrected chi connectivity index (χ4v) is 1.78. The molecule has 0 unspecified atom stereocenters. The van der Waals surface area contributed by atoms with Crippen LogP contribution in [0.25, 0.3) is 0 Å². The zero-order chi connectivity index (χ0) is 12.8. The Morgan fingerprint density at radius 3 is 3.11 bits per heavy atom. The third-order valence-corrected chi connectivity index (χ3v) is 2.62. The number of furan rings is 1. The highest BCUT2D eigenvalue weighted by molar-refractivity contribution is 5.76. The van der Waals surface area contributed by atoms with Crippen molar-refractivity contribution in [3.63, 3.8) is 0 Å². The smallest absolute Gasteiger partial charge is 0.222 e. The van der Waals surface area contributed by atoms with Gasteiger partial charge in [-0.15, -0.1) is 0 Å². The van der Waals surface area contributed by atoms with Gasteiger partial charge < -0.3 is 9.73 Å². The zero-order valence-corrected chi connectivity index (χ0v) is 10.4. The Kier molecular flexibility index (Phi) is 4.17. The Hall–Kier alpha value is -2.04. The van der Waals surface area contributed by atoms with Crippen LogP contribution in [0.3, 0.4) is 0 Å². The summed E-state index contributed by atoms with van der Waals surface area (Å²) in [7, 11) is 0. The molecule has 0 saturated heterocycles. The van der Waals surface area contributed by atoms with Gasteiger partial charge in [0, 0.05) is 37.8 Å². The van der Waals surface area contributed by atoms with E-state index >= 15 is 0 Å². The van der Waals surface area contributed by atoms with E-state index in [2.05, 4.69) is 10.4 Å². The minimum absolute atomic E-state index is 0.0320. The number of nitrogens with zero attached hydrogens (tertiary/aromatic N) is 2. The fourth-order valence-electron chi connectivity index (χ4n) is 1.78. The highest BCUT2D eigenvalue weighted by atomic mass is 16.3. The second-order valence-electron chi connectivity index (χ2n) is 4.27. The number of aryl methyl sites for hydroxylation is 1. The molecule has 0 bridgehead atoms. The minimum atomic E-state index is 0.0320. The van der Waals surface area contributed by atoms with Crippen molar-refractivity contribution in [1.82, 2.24) is 15.1 Å². The molecule has 0 radical (unpaired) electrons. The van der Waals surface area contributed by atoms with E-state index in [0.717, 1.165) is 5.76 Å². The lowest BCUT2D eigenvalue weighted by atomic mass is 10.2. The number of amides is 1. The molecule has 2 aromatic heterocycles. The largest absolute Gasteiger partial charge is 0.469 e. The van der Waals surface area contributed by atoms with E-state index in [1.807, 2.05) is 31.3 Å². The molecule has 96 valence electrons. The summed E-state index contributed by atoms with van der Waals surface area (Å²) in [5.74, 6) is 0.916. The molecule has 0 aliphatic rings. The van der Waals surface area contributed by atoms with Crippen LogP contribution >= 0.6 is 0 Å². The summed E-state index contributed by atoms with van der Waals surface area (Å²) >= 11 is 0. The van der Waals surface area contributed by atoms with Crippen LogP contribution in [0.4, 0.5) is 0 Å². The van der Waals surface area contributed by atoms with Gasteiger partial charge >= 0.3 is 0 Å². The van der Waals surface area contributed by atoms with Crippen molar-refractivity contribution in [2.75, 3.05) is 0 Å². The second-order valence-corrected chi connectivity index (χ2v) is 4.27. The molecular formula is C13H17N3O2. The molecule has 0 spiro atoms. The van der Waals surface area contributed by atoms with E-state index in [1.165, 1.54) is 0 Å². The first-order valence-electron chi connectivity index (χ1n) is 6.03. The van der Waals surface area contributed by atoms with Crippen molar-refractivity contribution in [2.24, 2.45) is 0 Å². The highest BCUT2D eigenvalue weighted by Crippen LogP contribution is 2.04. The van der Waals surface area contributed by atoms with E-state index in [-0.39, 0.29) is 11.9 Å². The monoisotopic (exact) mass is 247 g/mol. The maximum absolute atomic E-state index is 11.7. The van der Waals surface area contributed by atoms with Crippen LogP contribution in [0.1, 0.15) is 19.1 Å². The summed E-state index contributed by atoms with van der Waals surface area (Å²) in [6.07, 6.45) is 6.34. The number of aromatic nitrogens is 2. The molecule has 2 aromatic rings. The summed E-state index contributed by atoms with van der Waals surface area (Å²) in [5, 5.41) is 6.99. The first-order valence-corrected chi connectivity index (χ1v) is 6.03. The number of carbonyl (C=O) groups is 1. The van der Waals surface area contributed by atoms with E-state index in [4.69, 9.17) is 4.42 Å². The third kappa shape index (κ3) is 3.76. The number of hydrogen-bond donors (Lipinski definition) is 1. The molecule has 5 nitrogen and oxygen atoms in total. The molecule has 5 heteroatoms. The van der Waals surface area contributed by atoms with Crippen LogP contribution in [0.2, 0.25) is 0 Å². The zero-order valence-electron chi connectivity index (χ0n) is 10.4. The Bertz CT molecular complexity index is 462. The lowest BCUT2D eigenvalue weighted by Crippen LogP contribution is -2.34. The predicted octanol–water partition coefficient (Wildman–Crippen LogP) is 1.61. The SMILES string of the molecule is C[C@H](Cc1ccco1)NC(=O)CCn1cccn1. The molecule has 0 aliphatic heterocycles. The molecule has 0 aromatic carbocycles. The average molecular weight is 247 g/mol. The van der Waals surface area contributed by atoms with E-state index in [9.17, 15) is 4.79 Å². The first-order chi connectivity index (χ1) is 8.74. The lowest BCUT2D eigenvalue weighted by Gasteiger charge is -2.12. The van der Waals surface area contributed by atoms with Gasteiger partial charge in [0.15, 0.2) is 0 Å². The van der Waals surface area contributed by atoms with Crippen LogP contribution < -0.4 is 5.32 Å². The predicted molar refractivity (Wildman–Crippen MR) is 66.9 cm³/mol. The Morgan fingerprint density at radius 2 is 2.44 bits per heavy atom. The number of carbonyl (C=O) groups excluding carboxylic acids is 1. The standard InChI is InChI=1S/C13H17N3O2/c1-11(10-12-4-2-9-18-12)15-13(17)5-8-16-7-3-6-14-16/h2-4,6-7,9,11H,5,8,10H2,1H3,(H,15,17)/t11-/m1/s1. The van der Waals surface area contributed by atoms with Gasteiger partial charge in [0.05, 0.1) is 6.26 Å². The maximum Gasteiger partial charge on any atom is 0.222 e. The number of rotatable bonds is 6. The molecule has 0 fully saturated rings. The van der Waals surface area contributed by atoms with Gasteiger partial charge in [-0.05, 0) is 25.1 Å². The molecule has 1 atom stereocenters. The second kappa shape index (κ2) is 6.05. The molecule has 1 N–H and O–H groups in total. The van der Waals surface area contributed by atoms with Gasteiger partial charge in [0.2, 0.25) is 5.91 Å². The van der Waals surface area contributed by atoms with Crippen molar-refractivity contribution < 1.29 is 9.21 Å². The molecule has 0 aliphatic carbocycles. The highest BCUT2D eigenvalue weighted by Gasteiger charge is 2.09. The van der Waals surface area contributed by atoms with Crippen LogP contribution in [0, 0.1) is 0 Å². The Labute approximate surface area is 106 Å². The van der Waals surface area contributed by atoms with Gasteiger partial charge in [0.25, 0.3) is 0 Å². The van der Waals surface area contributed by atoms with Crippen LogP contribution in [-0.2, 0) is 17.8 Å². The van der Waals surface area contributed by atoms with E-state index in [1.54, 1.807) is 17.1 Å². The molecule has 0 saturated carbocycles. The Balaban J connectivity index is 1.70. The Morgan fingerprint density at radius 1 is 1.56 bits per heavy atom. The average Bonchev–Trinajstić information content (AvgIpc) is 2.98. The van der Waals surface area contributed by atoms with Crippen molar-refractivity contribution >= 4 is 5.91 Å². The van der Waals surface area contributed by atoms with Crippen molar-refractivity contribution in [3.05, 3.63) is 42.6 Å². The number of hydrogen-bond acceptors (Lipinski definition) is 3. The van der Waals surface area contributed by atoms with Gasteiger partial charge in [-0.2, -0.15) is 5.10 Å². The quantitative estimate of drug-likeness (QED) is 0.843. The maximum atomic E-state index is 11.7. The van der Waals surface area contributed by atoms with E-state index < -0.39 is 0 Å². The molecule has 2 heterocycles. The van der Waals surface area contributed by atoms with Crippen molar-refractivity contribution in [2.45, 2.75) is 32.4 Å².